The minimum Gasteiger partial charge on any atom is -0.434 e. The predicted molar refractivity (Wildman–Crippen MR) is 63.3 cm³/mol. The average molecular weight is 358 g/mol. The van der Waals surface area contributed by atoms with Crippen molar-refractivity contribution in [1.82, 2.24) is 0 Å². The minimum atomic E-state index is -2.90. The number of benzene rings is 1. The van der Waals surface area contributed by atoms with E-state index < -0.39 is 6.61 Å². The van der Waals surface area contributed by atoms with Gasteiger partial charge in [-0.25, -0.2) is 0 Å². The van der Waals surface area contributed by atoms with Crippen LogP contribution in [0.25, 0.3) is 0 Å². The summed E-state index contributed by atoms with van der Waals surface area (Å²) < 4.78 is 29.2. The molecule has 2 nitrogen and oxygen atoms in total. The van der Waals surface area contributed by atoms with Crippen LogP contribution in [0.5, 0.6) is 5.75 Å². The molecule has 1 aromatic rings. The number of rotatable bonds is 5. The largest absolute Gasteiger partial charge is 0.434 e. The number of alkyl halides is 3. The smallest absolute Gasteiger partial charge is 0.387 e. The number of carbonyl (C=O) groups excluding carboxylic acids is 1. The molecule has 0 spiro atoms. The van der Waals surface area contributed by atoms with Crippen molar-refractivity contribution < 1.29 is 18.3 Å². The van der Waals surface area contributed by atoms with Crippen LogP contribution in [0.3, 0.4) is 0 Å². The van der Waals surface area contributed by atoms with Gasteiger partial charge in [-0.1, -0.05) is 37.9 Å². The van der Waals surface area contributed by atoms with Crippen molar-refractivity contribution >= 4 is 37.6 Å². The van der Waals surface area contributed by atoms with Crippen LogP contribution in [0.15, 0.2) is 22.7 Å². The second kappa shape index (κ2) is 6.30. The molecule has 16 heavy (non-hydrogen) atoms. The second-order valence-electron chi connectivity index (χ2n) is 2.94. The van der Waals surface area contributed by atoms with Crippen molar-refractivity contribution in [2.24, 2.45) is 0 Å². The minimum absolute atomic E-state index is 0.0266. The number of Topliss-reactive ketones (excluding diaryl/α,β-unsaturated/α-hetero) is 1. The lowest BCUT2D eigenvalue weighted by Crippen LogP contribution is -2.09. The summed E-state index contributed by atoms with van der Waals surface area (Å²) in [6, 6.07) is 4.66. The van der Waals surface area contributed by atoms with Gasteiger partial charge in [-0.05, 0) is 12.1 Å². The molecular formula is C10H8Br2F2O2. The SMILES string of the molecule is O=C(CBr)Cc1c(Br)cccc1OC(F)F. The molecule has 0 radical (unpaired) electrons. The van der Waals surface area contributed by atoms with Crippen LogP contribution in [-0.4, -0.2) is 17.7 Å². The van der Waals surface area contributed by atoms with Gasteiger partial charge in [0.05, 0.1) is 5.33 Å². The second-order valence-corrected chi connectivity index (χ2v) is 4.36. The molecule has 0 atom stereocenters. The fraction of sp³-hybridized carbons (Fsp3) is 0.300. The normalized spacial score (nSPS) is 10.6. The average Bonchev–Trinajstić information content (AvgIpc) is 2.22. The van der Waals surface area contributed by atoms with Crippen LogP contribution in [0.4, 0.5) is 8.78 Å². The van der Waals surface area contributed by atoms with Crippen molar-refractivity contribution in [3.05, 3.63) is 28.2 Å². The van der Waals surface area contributed by atoms with Crippen molar-refractivity contribution in [3.8, 4) is 5.75 Å². The first-order chi connectivity index (χ1) is 7.54. The Labute approximate surface area is 108 Å². The zero-order valence-electron chi connectivity index (χ0n) is 8.05. The van der Waals surface area contributed by atoms with Crippen molar-refractivity contribution in [3.63, 3.8) is 0 Å². The van der Waals surface area contributed by atoms with Crippen LogP contribution in [0.1, 0.15) is 5.56 Å². The third-order valence-electron chi connectivity index (χ3n) is 1.81. The molecule has 0 heterocycles. The number of ether oxygens (including phenoxy) is 1. The standard InChI is InChI=1S/C10H8Br2F2O2/c11-5-6(15)4-7-8(12)2-1-3-9(7)16-10(13)14/h1-3,10H,4-5H2. The maximum absolute atomic E-state index is 12.1. The summed E-state index contributed by atoms with van der Waals surface area (Å²) in [5, 5.41) is 0.183. The lowest BCUT2D eigenvalue weighted by atomic mass is 10.1. The van der Waals surface area contributed by atoms with Crippen LogP contribution in [0, 0.1) is 0 Å². The Balaban J connectivity index is 2.98. The van der Waals surface area contributed by atoms with Gasteiger partial charge in [0.25, 0.3) is 0 Å². The van der Waals surface area contributed by atoms with Crippen LogP contribution >= 0.6 is 31.9 Å². The molecule has 0 aliphatic heterocycles. The van der Waals surface area contributed by atoms with Gasteiger partial charge in [0.2, 0.25) is 0 Å². The van der Waals surface area contributed by atoms with Gasteiger partial charge in [0.1, 0.15) is 11.5 Å². The van der Waals surface area contributed by atoms with Gasteiger partial charge in [0.15, 0.2) is 0 Å². The van der Waals surface area contributed by atoms with E-state index >= 15 is 0 Å². The van der Waals surface area contributed by atoms with Crippen LogP contribution in [-0.2, 0) is 11.2 Å². The molecule has 6 heteroatoms. The molecule has 0 unspecified atom stereocenters. The monoisotopic (exact) mass is 356 g/mol. The first kappa shape index (κ1) is 13.6. The molecule has 0 saturated carbocycles. The Kier molecular flexibility index (Phi) is 5.34. The molecule has 88 valence electrons. The summed E-state index contributed by atoms with van der Waals surface area (Å²) in [7, 11) is 0. The molecule has 0 saturated heterocycles. The van der Waals surface area contributed by atoms with Gasteiger partial charge in [0, 0.05) is 16.5 Å². The highest BCUT2D eigenvalue weighted by Crippen LogP contribution is 2.28. The summed E-state index contributed by atoms with van der Waals surface area (Å²) in [6.07, 6.45) is 0.0503. The third kappa shape index (κ3) is 3.83. The van der Waals surface area contributed by atoms with Crippen molar-refractivity contribution in [2.45, 2.75) is 13.0 Å². The highest BCUT2D eigenvalue weighted by molar-refractivity contribution is 9.10. The molecule has 0 aromatic heterocycles. The van der Waals surface area contributed by atoms with E-state index in [0.29, 0.717) is 10.0 Å². The van der Waals surface area contributed by atoms with E-state index in [1.165, 1.54) is 6.07 Å². The topological polar surface area (TPSA) is 26.3 Å². The molecule has 1 aromatic carbocycles. The van der Waals surface area contributed by atoms with E-state index in [0.717, 1.165) is 0 Å². The lowest BCUT2D eigenvalue weighted by Gasteiger charge is -2.11. The summed E-state index contributed by atoms with van der Waals surface area (Å²) >= 11 is 6.22. The van der Waals surface area contributed by atoms with Crippen molar-refractivity contribution in [1.29, 1.82) is 0 Å². The molecular weight excluding hydrogens is 350 g/mol. The Bertz CT molecular complexity index is 383. The van der Waals surface area contributed by atoms with E-state index in [1.54, 1.807) is 12.1 Å². The number of hydrogen-bond acceptors (Lipinski definition) is 2. The predicted octanol–water partition coefficient (Wildman–Crippen LogP) is 3.56. The summed E-state index contributed by atoms with van der Waals surface area (Å²) in [5.41, 5.74) is 0.437. The highest BCUT2D eigenvalue weighted by Gasteiger charge is 2.14. The van der Waals surface area contributed by atoms with Gasteiger partial charge in [-0.2, -0.15) is 8.78 Å². The maximum Gasteiger partial charge on any atom is 0.387 e. The maximum atomic E-state index is 12.1. The lowest BCUT2D eigenvalue weighted by molar-refractivity contribution is -0.116. The number of carbonyl (C=O) groups is 1. The zero-order valence-corrected chi connectivity index (χ0v) is 11.2. The zero-order chi connectivity index (χ0) is 12.1. The van der Waals surface area contributed by atoms with Crippen LogP contribution in [0.2, 0.25) is 0 Å². The van der Waals surface area contributed by atoms with Crippen LogP contribution < -0.4 is 4.74 Å². The van der Waals surface area contributed by atoms with E-state index in [-0.39, 0.29) is 23.3 Å². The Morgan fingerprint density at radius 3 is 2.69 bits per heavy atom. The van der Waals surface area contributed by atoms with Gasteiger partial charge < -0.3 is 4.74 Å². The molecule has 0 N–H and O–H groups in total. The highest BCUT2D eigenvalue weighted by atomic mass is 79.9. The molecule has 0 bridgehead atoms. The molecule has 0 aliphatic rings. The summed E-state index contributed by atoms with van der Waals surface area (Å²) in [5.74, 6) is -0.0790. The number of ketones is 1. The Morgan fingerprint density at radius 2 is 2.12 bits per heavy atom. The molecule has 0 amide bonds. The van der Waals surface area contributed by atoms with Gasteiger partial charge >= 0.3 is 6.61 Å². The summed E-state index contributed by atoms with van der Waals surface area (Å²) in [4.78, 5) is 11.3. The van der Waals surface area contributed by atoms with Crippen molar-refractivity contribution in [2.75, 3.05) is 5.33 Å². The number of hydrogen-bond donors (Lipinski definition) is 0. The fourth-order valence-electron chi connectivity index (χ4n) is 1.16. The van der Waals surface area contributed by atoms with Gasteiger partial charge in [-0.3, -0.25) is 4.79 Å². The molecule has 1 rings (SSSR count). The Hall–Kier alpha value is -0.490. The number of halogens is 4. The van der Waals surface area contributed by atoms with E-state index in [4.69, 9.17) is 0 Å². The van der Waals surface area contributed by atoms with E-state index in [9.17, 15) is 13.6 Å². The molecule has 0 aliphatic carbocycles. The van der Waals surface area contributed by atoms with Gasteiger partial charge in [-0.15, -0.1) is 0 Å². The summed E-state index contributed by atoms with van der Waals surface area (Å²) in [6.45, 7) is -2.90. The Morgan fingerprint density at radius 1 is 1.44 bits per heavy atom. The first-order valence-electron chi connectivity index (χ1n) is 4.34. The fourth-order valence-corrected chi connectivity index (χ4v) is 1.85. The van der Waals surface area contributed by atoms with E-state index in [2.05, 4.69) is 36.6 Å². The third-order valence-corrected chi connectivity index (χ3v) is 3.18. The van der Waals surface area contributed by atoms with E-state index in [1.807, 2.05) is 0 Å². The first-order valence-corrected chi connectivity index (χ1v) is 6.26. The quantitative estimate of drug-likeness (QED) is 0.753. The molecule has 0 fully saturated rings.